The molecular formula is C29H29FN2O7S. The molecule has 3 aromatic carbocycles. The molecule has 0 spiro atoms. The van der Waals surface area contributed by atoms with Gasteiger partial charge in [0.15, 0.2) is 11.9 Å². The van der Waals surface area contributed by atoms with E-state index in [9.17, 15) is 17.9 Å². The monoisotopic (exact) mass is 568 g/mol. The average molecular weight is 569 g/mol. The SMILES string of the molecule is COC1(c2cc(F)cc(OCC(O)c3nc(-c4ccccc4)c(-c4ccc(S(N)(=O)=O)cc4)o3)c2)CCOCC1. The van der Waals surface area contributed by atoms with E-state index < -0.39 is 27.5 Å². The van der Waals surface area contributed by atoms with E-state index in [2.05, 4.69) is 4.98 Å². The molecule has 0 radical (unpaired) electrons. The zero-order chi connectivity index (χ0) is 28.3. The summed E-state index contributed by atoms with van der Waals surface area (Å²) >= 11 is 0. The third-order valence-corrected chi connectivity index (χ3v) is 7.85. The van der Waals surface area contributed by atoms with Crippen molar-refractivity contribution in [2.75, 3.05) is 26.9 Å². The molecule has 210 valence electrons. The number of aromatic nitrogens is 1. The quantitative estimate of drug-likeness (QED) is 0.300. The van der Waals surface area contributed by atoms with Gasteiger partial charge in [0.05, 0.1) is 10.5 Å². The molecule has 4 aromatic rings. The van der Waals surface area contributed by atoms with Crippen molar-refractivity contribution in [3.63, 3.8) is 0 Å². The largest absolute Gasteiger partial charge is 0.490 e. The summed E-state index contributed by atoms with van der Waals surface area (Å²) < 4.78 is 60.9. The van der Waals surface area contributed by atoms with Gasteiger partial charge in [-0.05, 0) is 42.0 Å². The van der Waals surface area contributed by atoms with Crippen LogP contribution in [0.1, 0.15) is 30.4 Å². The molecule has 1 aliphatic heterocycles. The van der Waals surface area contributed by atoms with Crippen molar-refractivity contribution < 1.29 is 36.5 Å². The minimum Gasteiger partial charge on any atom is -0.490 e. The Morgan fingerprint density at radius 2 is 1.75 bits per heavy atom. The number of benzene rings is 3. The number of aliphatic hydroxyl groups is 1. The predicted molar refractivity (Wildman–Crippen MR) is 144 cm³/mol. The molecule has 40 heavy (non-hydrogen) atoms. The van der Waals surface area contributed by atoms with Gasteiger partial charge in [0, 0.05) is 50.4 Å². The van der Waals surface area contributed by atoms with Crippen LogP contribution in [0.4, 0.5) is 4.39 Å². The number of oxazole rings is 1. The third kappa shape index (κ3) is 5.93. The Bertz CT molecular complexity index is 1570. The van der Waals surface area contributed by atoms with Crippen LogP contribution < -0.4 is 9.88 Å². The van der Waals surface area contributed by atoms with E-state index in [0.717, 1.165) is 5.56 Å². The second-order valence-corrected chi connectivity index (χ2v) is 11.0. The standard InChI is InChI=1S/C29H29FN2O7S/c1-36-29(11-13-37-14-12-29)21-15-22(30)17-23(16-21)38-18-25(33)28-32-26(19-5-3-2-4-6-19)27(39-28)20-7-9-24(10-8-20)40(31,34)35/h2-10,15-17,25,33H,11-14,18H2,1H3,(H2,31,34,35). The first-order valence-corrected chi connectivity index (χ1v) is 14.2. The Labute approximate surface area is 231 Å². The highest BCUT2D eigenvalue weighted by Gasteiger charge is 2.35. The predicted octanol–water partition coefficient (Wildman–Crippen LogP) is 4.56. The van der Waals surface area contributed by atoms with Crippen LogP contribution in [0.5, 0.6) is 5.75 Å². The van der Waals surface area contributed by atoms with Crippen LogP contribution in [0, 0.1) is 5.82 Å². The summed E-state index contributed by atoms with van der Waals surface area (Å²) in [7, 11) is -2.28. The lowest BCUT2D eigenvalue weighted by molar-refractivity contribution is -0.0950. The van der Waals surface area contributed by atoms with Gasteiger partial charge < -0.3 is 23.7 Å². The molecule has 5 rings (SSSR count). The summed E-state index contributed by atoms with van der Waals surface area (Å²) in [6.07, 6.45) is -0.130. The minimum atomic E-state index is -3.87. The number of primary sulfonamides is 1. The number of nitrogens with two attached hydrogens (primary N) is 1. The van der Waals surface area contributed by atoms with Crippen molar-refractivity contribution in [1.82, 2.24) is 4.98 Å². The number of ether oxygens (including phenoxy) is 3. The van der Waals surface area contributed by atoms with Gasteiger partial charge in [-0.15, -0.1) is 0 Å². The maximum Gasteiger partial charge on any atom is 0.238 e. The van der Waals surface area contributed by atoms with E-state index in [-0.39, 0.29) is 23.1 Å². The zero-order valence-corrected chi connectivity index (χ0v) is 22.6. The number of hydrogen-bond donors (Lipinski definition) is 2. The van der Waals surface area contributed by atoms with E-state index in [1.165, 1.54) is 24.3 Å². The molecule has 0 bridgehead atoms. The molecule has 11 heteroatoms. The van der Waals surface area contributed by atoms with Gasteiger partial charge in [-0.1, -0.05) is 30.3 Å². The molecular weight excluding hydrogens is 539 g/mol. The summed E-state index contributed by atoms with van der Waals surface area (Å²) in [4.78, 5) is 4.48. The summed E-state index contributed by atoms with van der Waals surface area (Å²) in [5.74, 6) is 0.0536. The van der Waals surface area contributed by atoms with Crippen molar-refractivity contribution in [1.29, 1.82) is 0 Å². The normalized spacial score (nSPS) is 16.0. The maximum absolute atomic E-state index is 14.6. The van der Waals surface area contributed by atoms with Crippen molar-refractivity contribution in [2.24, 2.45) is 5.14 Å². The lowest BCUT2D eigenvalue weighted by Gasteiger charge is -2.36. The molecule has 0 saturated carbocycles. The molecule has 9 nitrogen and oxygen atoms in total. The van der Waals surface area contributed by atoms with Gasteiger partial charge in [0.2, 0.25) is 15.9 Å². The smallest absolute Gasteiger partial charge is 0.238 e. The van der Waals surface area contributed by atoms with Crippen molar-refractivity contribution >= 4 is 10.0 Å². The van der Waals surface area contributed by atoms with Gasteiger partial charge in [0.1, 0.15) is 23.9 Å². The van der Waals surface area contributed by atoms with Crippen LogP contribution in [-0.4, -0.2) is 45.4 Å². The van der Waals surface area contributed by atoms with Gasteiger partial charge in [0.25, 0.3) is 0 Å². The van der Waals surface area contributed by atoms with Gasteiger partial charge in [-0.3, -0.25) is 0 Å². The number of methoxy groups -OCH3 is 1. The first-order chi connectivity index (χ1) is 19.2. The van der Waals surface area contributed by atoms with E-state index in [1.807, 2.05) is 30.3 Å². The molecule has 0 aliphatic carbocycles. The molecule has 2 heterocycles. The van der Waals surface area contributed by atoms with Crippen molar-refractivity contribution in [2.45, 2.75) is 29.4 Å². The molecule has 1 atom stereocenters. The first kappa shape index (κ1) is 27.9. The van der Waals surface area contributed by atoms with Crippen LogP contribution in [0.25, 0.3) is 22.6 Å². The Morgan fingerprint density at radius 3 is 2.40 bits per heavy atom. The number of nitrogens with zero attached hydrogens (tertiary/aromatic N) is 1. The van der Waals surface area contributed by atoms with Crippen LogP contribution in [-0.2, 0) is 25.1 Å². The van der Waals surface area contributed by atoms with E-state index in [4.69, 9.17) is 23.8 Å². The maximum atomic E-state index is 14.6. The highest BCUT2D eigenvalue weighted by Crippen LogP contribution is 2.38. The number of rotatable bonds is 9. The molecule has 1 fully saturated rings. The molecule has 1 unspecified atom stereocenters. The number of sulfonamides is 1. The fraction of sp³-hybridized carbons (Fsp3) is 0.276. The summed E-state index contributed by atoms with van der Waals surface area (Å²) in [6, 6.07) is 19.4. The van der Waals surface area contributed by atoms with Crippen LogP contribution in [0.15, 0.2) is 82.1 Å². The highest BCUT2D eigenvalue weighted by atomic mass is 32.2. The Hall–Kier alpha value is -3.61. The van der Waals surface area contributed by atoms with Gasteiger partial charge in [-0.2, -0.15) is 0 Å². The van der Waals surface area contributed by atoms with Gasteiger partial charge >= 0.3 is 0 Å². The number of halogens is 1. The Balaban J connectivity index is 1.41. The van der Waals surface area contributed by atoms with E-state index in [0.29, 0.717) is 48.6 Å². The van der Waals surface area contributed by atoms with E-state index >= 15 is 0 Å². The van der Waals surface area contributed by atoms with Crippen LogP contribution in [0.3, 0.4) is 0 Å². The van der Waals surface area contributed by atoms with E-state index in [1.54, 1.807) is 25.3 Å². The topological polar surface area (TPSA) is 134 Å². The zero-order valence-electron chi connectivity index (χ0n) is 21.7. The fourth-order valence-electron chi connectivity index (χ4n) is 4.73. The Kier molecular flexibility index (Phi) is 8.02. The molecule has 3 N–H and O–H groups in total. The molecule has 1 aliphatic rings. The van der Waals surface area contributed by atoms with Crippen molar-refractivity contribution in [3.8, 4) is 28.3 Å². The third-order valence-electron chi connectivity index (χ3n) is 6.92. The molecule has 1 saturated heterocycles. The van der Waals surface area contributed by atoms with Crippen LogP contribution in [0.2, 0.25) is 0 Å². The second-order valence-electron chi connectivity index (χ2n) is 9.48. The molecule has 1 aromatic heterocycles. The van der Waals surface area contributed by atoms with Crippen molar-refractivity contribution in [3.05, 3.63) is 90.1 Å². The van der Waals surface area contributed by atoms with Gasteiger partial charge in [-0.25, -0.2) is 22.9 Å². The lowest BCUT2D eigenvalue weighted by atomic mass is 9.86. The van der Waals surface area contributed by atoms with Crippen LogP contribution >= 0.6 is 0 Å². The molecule has 0 amide bonds. The minimum absolute atomic E-state index is 0.0150. The highest BCUT2D eigenvalue weighted by molar-refractivity contribution is 7.89. The fourth-order valence-corrected chi connectivity index (χ4v) is 5.25. The summed E-state index contributed by atoms with van der Waals surface area (Å²) in [5.41, 5.74) is 1.67. The number of hydrogen-bond acceptors (Lipinski definition) is 8. The number of aliphatic hydroxyl groups excluding tert-OH is 1. The summed E-state index contributed by atoms with van der Waals surface area (Å²) in [6.45, 7) is 0.741. The lowest BCUT2D eigenvalue weighted by Crippen LogP contribution is -2.35. The second kappa shape index (κ2) is 11.5. The Morgan fingerprint density at radius 1 is 1.05 bits per heavy atom. The summed E-state index contributed by atoms with van der Waals surface area (Å²) in [5, 5.41) is 16.2. The first-order valence-electron chi connectivity index (χ1n) is 12.6. The average Bonchev–Trinajstić information content (AvgIpc) is 3.42.